The predicted molar refractivity (Wildman–Crippen MR) is 115 cm³/mol. The van der Waals surface area contributed by atoms with E-state index in [0.717, 1.165) is 43.3 Å². The Hall–Kier alpha value is -2.96. The van der Waals surface area contributed by atoms with Gasteiger partial charge in [-0.2, -0.15) is 0 Å². The Bertz CT molecular complexity index is 974. The largest absolute Gasteiger partial charge is 0.487 e. The van der Waals surface area contributed by atoms with E-state index in [2.05, 4.69) is 20.2 Å². The molecule has 2 aromatic rings. The zero-order valence-electron chi connectivity index (χ0n) is 18.0. The summed E-state index contributed by atoms with van der Waals surface area (Å²) >= 11 is 0. The van der Waals surface area contributed by atoms with Gasteiger partial charge in [0.1, 0.15) is 11.4 Å². The molecule has 2 aliphatic heterocycles. The first-order valence-corrected chi connectivity index (χ1v) is 10.4. The van der Waals surface area contributed by atoms with Crippen LogP contribution in [0.3, 0.4) is 0 Å². The number of nitrogens with one attached hydrogen (secondary N) is 1. The van der Waals surface area contributed by atoms with E-state index in [1.165, 1.54) is 0 Å². The number of benzene rings is 1. The molecule has 30 heavy (non-hydrogen) atoms. The lowest BCUT2D eigenvalue weighted by molar-refractivity contribution is -0.120. The van der Waals surface area contributed by atoms with E-state index in [9.17, 15) is 9.59 Å². The van der Waals surface area contributed by atoms with Gasteiger partial charge in [0.15, 0.2) is 5.78 Å². The van der Waals surface area contributed by atoms with Gasteiger partial charge in [0.2, 0.25) is 11.9 Å². The number of hydrogen-bond donors (Lipinski definition) is 1. The molecule has 1 saturated heterocycles. The Morgan fingerprint density at radius 1 is 1.13 bits per heavy atom. The minimum atomic E-state index is -0.498. The molecule has 1 aromatic heterocycles. The Morgan fingerprint density at radius 2 is 1.80 bits per heavy atom. The third-order valence-corrected chi connectivity index (χ3v) is 5.64. The second-order valence-electron chi connectivity index (χ2n) is 8.87. The standard InChI is InChI=1S/C23H28N4O3/c1-14-11-15(2)25-22(24-14)27-9-7-16(8-10-27)21(29)26-17-5-6-20-18(12-17)19(28)13-23(3,4)30-20/h5-6,11-12,16H,7-10,13H2,1-4H3,(H,26,29). The van der Waals surface area contributed by atoms with Crippen molar-refractivity contribution < 1.29 is 14.3 Å². The van der Waals surface area contributed by atoms with E-state index in [-0.39, 0.29) is 17.6 Å². The van der Waals surface area contributed by atoms with Gasteiger partial charge in [-0.3, -0.25) is 9.59 Å². The van der Waals surface area contributed by atoms with Gasteiger partial charge in [-0.05, 0) is 64.8 Å². The number of aryl methyl sites for hydroxylation is 2. The highest BCUT2D eigenvalue weighted by Gasteiger charge is 2.33. The summed E-state index contributed by atoms with van der Waals surface area (Å²) in [6.45, 7) is 9.22. The minimum Gasteiger partial charge on any atom is -0.487 e. The number of Topliss-reactive ketones (excluding diaryl/α,β-unsaturated/α-hetero) is 1. The number of nitrogens with zero attached hydrogens (tertiary/aromatic N) is 3. The van der Waals surface area contributed by atoms with Gasteiger partial charge >= 0.3 is 0 Å². The monoisotopic (exact) mass is 408 g/mol. The number of rotatable bonds is 3. The summed E-state index contributed by atoms with van der Waals surface area (Å²) in [6.07, 6.45) is 1.81. The molecule has 1 aromatic carbocycles. The zero-order chi connectivity index (χ0) is 21.5. The van der Waals surface area contributed by atoms with Crippen LogP contribution in [0.15, 0.2) is 24.3 Å². The lowest BCUT2D eigenvalue weighted by Gasteiger charge is -2.32. The van der Waals surface area contributed by atoms with E-state index in [0.29, 0.717) is 23.4 Å². The SMILES string of the molecule is Cc1cc(C)nc(N2CCC(C(=O)Nc3ccc4c(c3)C(=O)CC(C)(C)O4)CC2)n1. The molecule has 158 valence electrons. The van der Waals surface area contributed by atoms with E-state index in [4.69, 9.17) is 4.74 Å². The Morgan fingerprint density at radius 3 is 2.47 bits per heavy atom. The van der Waals surface area contributed by atoms with Crippen LogP contribution >= 0.6 is 0 Å². The van der Waals surface area contributed by atoms with Crippen LogP contribution in [-0.2, 0) is 4.79 Å². The second kappa shape index (κ2) is 7.70. The predicted octanol–water partition coefficient (Wildman–Crippen LogP) is 3.69. The number of aromatic nitrogens is 2. The van der Waals surface area contributed by atoms with Crippen molar-refractivity contribution in [2.75, 3.05) is 23.3 Å². The number of hydrogen-bond acceptors (Lipinski definition) is 6. The highest BCUT2D eigenvalue weighted by atomic mass is 16.5. The maximum Gasteiger partial charge on any atom is 0.227 e. The second-order valence-corrected chi connectivity index (χ2v) is 8.87. The molecule has 4 rings (SSSR count). The topological polar surface area (TPSA) is 84.4 Å². The Balaban J connectivity index is 1.39. The summed E-state index contributed by atoms with van der Waals surface area (Å²) in [7, 11) is 0. The summed E-state index contributed by atoms with van der Waals surface area (Å²) in [4.78, 5) is 36.4. The normalized spacial score (nSPS) is 18.5. The summed E-state index contributed by atoms with van der Waals surface area (Å²) in [5.41, 5.74) is 2.57. The lowest BCUT2D eigenvalue weighted by atomic mass is 9.92. The van der Waals surface area contributed by atoms with Crippen LogP contribution in [0.5, 0.6) is 5.75 Å². The van der Waals surface area contributed by atoms with Crippen LogP contribution in [0.25, 0.3) is 0 Å². The molecule has 7 heteroatoms. The number of carbonyl (C=O) groups excluding carboxylic acids is 2. The van der Waals surface area contributed by atoms with Gasteiger partial charge in [-0.15, -0.1) is 0 Å². The number of amides is 1. The molecule has 1 N–H and O–H groups in total. The van der Waals surface area contributed by atoms with Crippen molar-refractivity contribution in [2.24, 2.45) is 5.92 Å². The summed E-state index contributed by atoms with van der Waals surface area (Å²) in [5.74, 6) is 1.27. The third kappa shape index (κ3) is 4.30. The molecule has 0 unspecified atom stereocenters. The van der Waals surface area contributed by atoms with Crippen molar-refractivity contribution >= 4 is 23.3 Å². The Labute approximate surface area is 176 Å². The molecule has 0 saturated carbocycles. The first kappa shape index (κ1) is 20.3. The molecule has 0 spiro atoms. The van der Waals surface area contributed by atoms with Gasteiger partial charge in [0, 0.05) is 36.1 Å². The van der Waals surface area contributed by atoms with Gasteiger partial charge in [-0.25, -0.2) is 9.97 Å². The maximum atomic E-state index is 12.8. The molecular formula is C23H28N4O3. The van der Waals surface area contributed by atoms with Gasteiger partial charge in [-0.1, -0.05) is 0 Å². The number of piperidine rings is 1. The van der Waals surface area contributed by atoms with Gasteiger partial charge in [0.25, 0.3) is 0 Å². The first-order chi connectivity index (χ1) is 14.2. The van der Waals surface area contributed by atoms with Crippen LogP contribution in [-0.4, -0.2) is 40.3 Å². The minimum absolute atomic E-state index is 0.0135. The number of fused-ring (bicyclic) bond motifs is 1. The fourth-order valence-corrected chi connectivity index (χ4v) is 4.17. The molecule has 7 nitrogen and oxygen atoms in total. The number of ether oxygens (including phenoxy) is 1. The van der Waals surface area contributed by atoms with E-state index < -0.39 is 5.60 Å². The fourth-order valence-electron chi connectivity index (χ4n) is 4.17. The number of ketones is 1. The molecule has 2 aliphatic rings. The maximum absolute atomic E-state index is 12.8. The molecule has 1 amide bonds. The molecule has 0 radical (unpaired) electrons. The average Bonchev–Trinajstić information content (AvgIpc) is 2.67. The van der Waals surface area contributed by atoms with Crippen molar-refractivity contribution in [3.8, 4) is 5.75 Å². The molecule has 0 bridgehead atoms. The van der Waals surface area contributed by atoms with Crippen LogP contribution in [0.1, 0.15) is 54.9 Å². The highest BCUT2D eigenvalue weighted by Crippen LogP contribution is 2.34. The van der Waals surface area contributed by atoms with E-state index in [1.54, 1.807) is 18.2 Å². The molecular weight excluding hydrogens is 380 g/mol. The van der Waals surface area contributed by atoms with Crippen molar-refractivity contribution in [1.29, 1.82) is 0 Å². The van der Waals surface area contributed by atoms with Crippen LogP contribution in [0.4, 0.5) is 11.6 Å². The fraction of sp³-hybridized carbons (Fsp3) is 0.478. The first-order valence-electron chi connectivity index (χ1n) is 10.4. The highest BCUT2D eigenvalue weighted by molar-refractivity contribution is 6.02. The summed E-state index contributed by atoms with van der Waals surface area (Å²) < 4.78 is 5.89. The van der Waals surface area contributed by atoms with Crippen LogP contribution < -0.4 is 15.0 Å². The average molecular weight is 409 g/mol. The van der Waals surface area contributed by atoms with Crippen LogP contribution in [0.2, 0.25) is 0 Å². The smallest absolute Gasteiger partial charge is 0.227 e. The van der Waals surface area contributed by atoms with Crippen LogP contribution in [0, 0.1) is 19.8 Å². The van der Waals surface area contributed by atoms with E-state index in [1.807, 2.05) is 33.8 Å². The number of anilines is 2. The van der Waals surface area contributed by atoms with E-state index >= 15 is 0 Å². The Kier molecular flexibility index (Phi) is 5.22. The molecule has 0 aliphatic carbocycles. The van der Waals surface area contributed by atoms with Crippen molar-refractivity contribution in [2.45, 2.75) is 52.6 Å². The molecule has 0 atom stereocenters. The summed E-state index contributed by atoms with van der Waals surface area (Å²) in [5, 5.41) is 2.98. The van der Waals surface area contributed by atoms with Crippen molar-refractivity contribution in [3.05, 3.63) is 41.2 Å². The lowest BCUT2D eigenvalue weighted by Crippen LogP contribution is -2.39. The molecule has 3 heterocycles. The molecule has 1 fully saturated rings. The van der Waals surface area contributed by atoms with Gasteiger partial charge < -0.3 is 15.0 Å². The van der Waals surface area contributed by atoms with Gasteiger partial charge in [0.05, 0.1) is 12.0 Å². The number of carbonyl (C=O) groups is 2. The quantitative estimate of drug-likeness (QED) is 0.834. The summed E-state index contributed by atoms with van der Waals surface area (Å²) in [6, 6.07) is 7.25. The zero-order valence-corrected chi connectivity index (χ0v) is 18.0. The van der Waals surface area contributed by atoms with Crippen molar-refractivity contribution in [1.82, 2.24) is 9.97 Å². The third-order valence-electron chi connectivity index (χ3n) is 5.64. The van der Waals surface area contributed by atoms with Crippen molar-refractivity contribution in [3.63, 3.8) is 0 Å².